The molecule has 1 fully saturated rings. The molecule has 1 aliphatic rings. The maximum atomic E-state index is 12.3. The summed E-state index contributed by atoms with van der Waals surface area (Å²) in [5.74, 6) is 0.410. The van der Waals surface area contributed by atoms with Gasteiger partial charge in [-0.05, 0) is 50.5 Å². The fraction of sp³-hybridized carbons (Fsp3) is 0.562. The Morgan fingerprint density at radius 2 is 2.10 bits per heavy atom. The van der Waals surface area contributed by atoms with Crippen molar-refractivity contribution in [2.75, 3.05) is 39.5 Å². The van der Waals surface area contributed by atoms with Gasteiger partial charge in [0.05, 0.1) is 12.7 Å². The monoisotopic (exact) mass is 291 g/mol. The van der Waals surface area contributed by atoms with Gasteiger partial charge in [0, 0.05) is 18.3 Å². The summed E-state index contributed by atoms with van der Waals surface area (Å²) in [4.78, 5) is 14.7. The molecule has 0 unspecified atom stereocenters. The third-order valence-electron chi connectivity index (χ3n) is 4.34. The van der Waals surface area contributed by atoms with Gasteiger partial charge in [0.15, 0.2) is 0 Å². The lowest BCUT2D eigenvalue weighted by Crippen LogP contribution is -2.43. The molecule has 0 atom stereocenters. The highest BCUT2D eigenvalue weighted by atomic mass is 16.5. The maximum Gasteiger partial charge on any atom is 0.255 e. The van der Waals surface area contributed by atoms with E-state index in [0.717, 1.165) is 25.9 Å². The predicted octanol–water partition coefficient (Wildman–Crippen LogP) is 1.74. The first-order valence-electron chi connectivity index (χ1n) is 7.34. The van der Waals surface area contributed by atoms with Crippen LogP contribution in [0.2, 0.25) is 0 Å². The quantitative estimate of drug-likeness (QED) is 0.829. The van der Waals surface area contributed by atoms with Gasteiger partial charge >= 0.3 is 0 Å². The summed E-state index contributed by atoms with van der Waals surface area (Å²) >= 11 is 0. The largest absolute Gasteiger partial charge is 0.496 e. The Balaban J connectivity index is 1.99. The Bertz CT molecular complexity index is 508. The zero-order valence-corrected chi connectivity index (χ0v) is 13.1. The summed E-state index contributed by atoms with van der Waals surface area (Å²) in [7, 11) is 3.68. The molecular weight excluding hydrogens is 266 g/mol. The molecule has 1 aromatic carbocycles. The standard InChI is InChI=1S/C16H25N3O2/c1-16(6-8-19(2)9-7-16)11-18-15(20)13-5-4-12(17)10-14(13)21-3/h4-5,10H,6-9,11,17H2,1-3H3,(H,18,20). The van der Waals surface area contributed by atoms with Crippen LogP contribution in [-0.2, 0) is 0 Å². The van der Waals surface area contributed by atoms with Crippen LogP contribution in [0.25, 0.3) is 0 Å². The molecule has 0 aromatic heterocycles. The highest BCUT2D eigenvalue weighted by Crippen LogP contribution is 2.29. The fourth-order valence-electron chi connectivity index (χ4n) is 2.62. The lowest BCUT2D eigenvalue weighted by molar-refractivity contribution is 0.0889. The Hall–Kier alpha value is -1.75. The van der Waals surface area contributed by atoms with E-state index < -0.39 is 0 Å². The number of likely N-dealkylation sites (tertiary alicyclic amines) is 1. The number of methoxy groups -OCH3 is 1. The Kier molecular flexibility index (Phi) is 4.73. The highest BCUT2D eigenvalue weighted by molar-refractivity contribution is 5.97. The van der Waals surface area contributed by atoms with E-state index in [4.69, 9.17) is 10.5 Å². The smallest absolute Gasteiger partial charge is 0.255 e. The van der Waals surface area contributed by atoms with Crippen LogP contribution in [-0.4, -0.2) is 44.6 Å². The number of carbonyl (C=O) groups excluding carboxylic acids is 1. The molecule has 116 valence electrons. The van der Waals surface area contributed by atoms with Gasteiger partial charge in [0.2, 0.25) is 0 Å². The third-order valence-corrected chi connectivity index (χ3v) is 4.34. The number of amides is 1. The van der Waals surface area contributed by atoms with Gasteiger partial charge in [-0.2, -0.15) is 0 Å². The SMILES string of the molecule is COc1cc(N)ccc1C(=O)NCC1(C)CCN(C)CC1. The average Bonchev–Trinajstić information content (AvgIpc) is 2.48. The number of rotatable bonds is 4. The van der Waals surface area contributed by atoms with Crippen LogP contribution < -0.4 is 15.8 Å². The van der Waals surface area contributed by atoms with Crippen molar-refractivity contribution in [1.29, 1.82) is 0 Å². The molecular formula is C16H25N3O2. The number of hydrogen-bond acceptors (Lipinski definition) is 4. The molecule has 0 spiro atoms. The fourth-order valence-corrected chi connectivity index (χ4v) is 2.62. The van der Waals surface area contributed by atoms with E-state index in [1.54, 1.807) is 25.3 Å². The van der Waals surface area contributed by atoms with Crippen molar-refractivity contribution in [3.63, 3.8) is 0 Å². The average molecular weight is 291 g/mol. The number of nitrogens with zero attached hydrogens (tertiary/aromatic N) is 1. The van der Waals surface area contributed by atoms with Crippen molar-refractivity contribution >= 4 is 11.6 Å². The minimum Gasteiger partial charge on any atom is -0.496 e. The van der Waals surface area contributed by atoms with E-state index >= 15 is 0 Å². The van der Waals surface area contributed by atoms with E-state index in [1.165, 1.54) is 0 Å². The van der Waals surface area contributed by atoms with E-state index in [0.29, 0.717) is 23.5 Å². The zero-order valence-electron chi connectivity index (χ0n) is 13.1. The van der Waals surface area contributed by atoms with E-state index in [9.17, 15) is 4.79 Å². The number of carbonyl (C=O) groups is 1. The normalized spacial score (nSPS) is 18.2. The van der Waals surface area contributed by atoms with Gasteiger partial charge < -0.3 is 20.7 Å². The summed E-state index contributed by atoms with van der Waals surface area (Å²) in [6.07, 6.45) is 2.20. The van der Waals surface area contributed by atoms with Crippen LogP contribution in [0.4, 0.5) is 5.69 Å². The molecule has 0 radical (unpaired) electrons. The summed E-state index contributed by atoms with van der Waals surface area (Å²) in [5, 5.41) is 3.04. The summed E-state index contributed by atoms with van der Waals surface area (Å²) in [6, 6.07) is 5.10. The van der Waals surface area contributed by atoms with Gasteiger partial charge in [0.1, 0.15) is 5.75 Å². The molecule has 1 amide bonds. The molecule has 2 rings (SSSR count). The molecule has 1 aliphatic heterocycles. The Morgan fingerprint density at radius 3 is 2.71 bits per heavy atom. The molecule has 1 heterocycles. The minimum absolute atomic E-state index is 0.105. The molecule has 0 saturated carbocycles. The number of benzene rings is 1. The second-order valence-corrected chi connectivity index (χ2v) is 6.26. The number of nitrogens with one attached hydrogen (secondary N) is 1. The second kappa shape index (κ2) is 6.35. The number of hydrogen-bond donors (Lipinski definition) is 2. The lowest BCUT2D eigenvalue weighted by Gasteiger charge is -2.38. The van der Waals surface area contributed by atoms with Gasteiger partial charge in [-0.15, -0.1) is 0 Å². The topological polar surface area (TPSA) is 67.6 Å². The molecule has 3 N–H and O–H groups in total. The molecule has 5 heteroatoms. The van der Waals surface area contributed by atoms with Crippen molar-refractivity contribution in [2.24, 2.45) is 5.41 Å². The lowest BCUT2D eigenvalue weighted by atomic mass is 9.80. The van der Waals surface area contributed by atoms with Crippen molar-refractivity contribution in [3.8, 4) is 5.75 Å². The predicted molar refractivity (Wildman–Crippen MR) is 84.6 cm³/mol. The second-order valence-electron chi connectivity index (χ2n) is 6.26. The van der Waals surface area contributed by atoms with Crippen molar-refractivity contribution < 1.29 is 9.53 Å². The first-order valence-corrected chi connectivity index (χ1v) is 7.34. The summed E-state index contributed by atoms with van der Waals surface area (Å²) < 4.78 is 5.23. The van der Waals surface area contributed by atoms with Crippen LogP contribution in [0.15, 0.2) is 18.2 Å². The van der Waals surface area contributed by atoms with Gasteiger partial charge in [0.25, 0.3) is 5.91 Å². The van der Waals surface area contributed by atoms with Gasteiger partial charge in [-0.1, -0.05) is 6.92 Å². The minimum atomic E-state index is -0.105. The van der Waals surface area contributed by atoms with Crippen molar-refractivity contribution in [2.45, 2.75) is 19.8 Å². The number of nitrogens with two attached hydrogens (primary N) is 1. The van der Waals surface area contributed by atoms with E-state index in [2.05, 4.69) is 24.2 Å². The van der Waals surface area contributed by atoms with E-state index in [1.807, 2.05) is 0 Å². The molecule has 1 saturated heterocycles. The van der Waals surface area contributed by atoms with Gasteiger partial charge in [-0.25, -0.2) is 0 Å². The molecule has 0 aliphatic carbocycles. The summed E-state index contributed by atoms with van der Waals surface area (Å²) in [6.45, 7) is 5.09. The van der Waals surface area contributed by atoms with Crippen LogP contribution in [0.1, 0.15) is 30.1 Å². The number of anilines is 1. The highest BCUT2D eigenvalue weighted by Gasteiger charge is 2.29. The molecule has 21 heavy (non-hydrogen) atoms. The summed E-state index contributed by atoms with van der Waals surface area (Å²) in [5.41, 5.74) is 7.00. The zero-order chi connectivity index (χ0) is 15.5. The Morgan fingerprint density at radius 1 is 1.43 bits per heavy atom. The van der Waals surface area contributed by atoms with E-state index in [-0.39, 0.29) is 11.3 Å². The molecule has 1 aromatic rings. The molecule has 0 bridgehead atoms. The van der Waals surface area contributed by atoms with Crippen LogP contribution in [0.5, 0.6) is 5.75 Å². The number of nitrogen functional groups attached to an aromatic ring is 1. The number of ether oxygens (including phenoxy) is 1. The Labute approximate surface area is 126 Å². The first-order chi connectivity index (χ1) is 9.93. The van der Waals surface area contributed by atoms with Crippen molar-refractivity contribution in [1.82, 2.24) is 10.2 Å². The van der Waals surface area contributed by atoms with Crippen LogP contribution >= 0.6 is 0 Å². The van der Waals surface area contributed by atoms with Crippen molar-refractivity contribution in [3.05, 3.63) is 23.8 Å². The molecule has 5 nitrogen and oxygen atoms in total. The first kappa shape index (κ1) is 15.6. The maximum absolute atomic E-state index is 12.3. The number of piperidine rings is 1. The van der Waals surface area contributed by atoms with Gasteiger partial charge in [-0.3, -0.25) is 4.79 Å². The van der Waals surface area contributed by atoms with Crippen LogP contribution in [0.3, 0.4) is 0 Å². The third kappa shape index (κ3) is 3.88. The van der Waals surface area contributed by atoms with Crippen LogP contribution in [0, 0.1) is 5.41 Å².